The van der Waals surface area contributed by atoms with Crippen molar-refractivity contribution in [2.75, 3.05) is 7.11 Å². The number of rotatable bonds is 4. The van der Waals surface area contributed by atoms with E-state index in [1.54, 1.807) is 18.2 Å². The van der Waals surface area contributed by atoms with Crippen LogP contribution in [0.15, 0.2) is 34.7 Å². The maximum atomic E-state index is 11.6. The summed E-state index contributed by atoms with van der Waals surface area (Å²) in [5.74, 6) is 0.107. The molecule has 0 N–H and O–H groups in total. The van der Waals surface area contributed by atoms with Crippen LogP contribution < -0.4 is 4.74 Å². The molecule has 0 aliphatic carbocycles. The van der Waals surface area contributed by atoms with E-state index in [-0.39, 0.29) is 17.3 Å². The molecule has 0 atom stereocenters. The highest BCUT2D eigenvalue weighted by Gasteiger charge is 2.15. The normalized spacial score (nSPS) is 10.0. The number of esters is 1. The topological polar surface area (TPSA) is 65.7 Å². The highest BCUT2D eigenvalue weighted by Crippen LogP contribution is 2.28. The van der Waals surface area contributed by atoms with Crippen LogP contribution in [0.1, 0.15) is 26.5 Å². The monoisotopic (exact) mass is 260 g/mol. The summed E-state index contributed by atoms with van der Waals surface area (Å²) in [7, 11) is 1.29. The molecule has 0 amide bonds. The van der Waals surface area contributed by atoms with Crippen molar-refractivity contribution < 1.29 is 23.5 Å². The lowest BCUT2D eigenvalue weighted by Crippen LogP contribution is -2.03. The van der Waals surface area contributed by atoms with Gasteiger partial charge in [0.25, 0.3) is 5.95 Å². The highest BCUT2D eigenvalue weighted by atomic mass is 16.6. The fourth-order valence-electron chi connectivity index (χ4n) is 1.55. The fourth-order valence-corrected chi connectivity index (χ4v) is 1.55. The Morgan fingerprint density at radius 3 is 2.68 bits per heavy atom. The number of hydrogen-bond acceptors (Lipinski definition) is 5. The Balaban J connectivity index is 2.34. The molecule has 5 nitrogen and oxygen atoms in total. The second kappa shape index (κ2) is 5.39. The number of carbonyl (C=O) groups excluding carboxylic acids is 2. The Bertz CT molecular complexity index is 612. The first kappa shape index (κ1) is 12.9. The van der Waals surface area contributed by atoms with Gasteiger partial charge in [-0.05, 0) is 30.7 Å². The number of methoxy groups -OCH3 is 1. The number of carbonyl (C=O) groups is 2. The van der Waals surface area contributed by atoms with Gasteiger partial charge < -0.3 is 13.9 Å². The van der Waals surface area contributed by atoms with Gasteiger partial charge in [0.05, 0.1) is 7.11 Å². The van der Waals surface area contributed by atoms with Gasteiger partial charge in [-0.25, -0.2) is 4.79 Å². The number of aldehydes is 1. The molecule has 0 spiro atoms. The summed E-state index contributed by atoms with van der Waals surface area (Å²) in [6, 6.07) is 8.07. The lowest BCUT2D eigenvalue weighted by atomic mass is 10.1. The van der Waals surface area contributed by atoms with Crippen LogP contribution in [0, 0.1) is 6.92 Å². The van der Waals surface area contributed by atoms with Crippen molar-refractivity contribution in [3.63, 3.8) is 0 Å². The molecule has 5 heteroatoms. The van der Waals surface area contributed by atoms with Crippen LogP contribution in [0.4, 0.5) is 0 Å². The van der Waals surface area contributed by atoms with Crippen LogP contribution in [0.25, 0.3) is 0 Å². The number of furan rings is 1. The van der Waals surface area contributed by atoms with Gasteiger partial charge in [0.1, 0.15) is 11.3 Å². The van der Waals surface area contributed by atoms with E-state index in [1.807, 2.05) is 6.92 Å². The van der Waals surface area contributed by atoms with Crippen LogP contribution in [0.2, 0.25) is 0 Å². The molecule has 2 aromatic rings. The maximum Gasteiger partial charge on any atom is 0.341 e. The van der Waals surface area contributed by atoms with Gasteiger partial charge in [0, 0.05) is 6.07 Å². The van der Waals surface area contributed by atoms with E-state index < -0.39 is 5.97 Å². The van der Waals surface area contributed by atoms with Crippen molar-refractivity contribution in [3.05, 3.63) is 47.2 Å². The number of hydrogen-bond donors (Lipinski definition) is 0. The van der Waals surface area contributed by atoms with Crippen LogP contribution in [0.3, 0.4) is 0 Å². The molecule has 0 saturated carbocycles. The summed E-state index contributed by atoms with van der Waals surface area (Å²) in [6.07, 6.45) is 0.574. The molecule has 0 fully saturated rings. The van der Waals surface area contributed by atoms with Gasteiger partial charge in [-0.15, -0.1) is 0 Å². The van der Waals surface area contributed by atoms with E-state index in [0.29, 0.717) is 12.0 Å². The number of benzene rings is 1. The van der Waals surface area contributed by atoms with E-state index >= 15 is 0 Å². The van der Waals surface area contributed by atoms with Crippen molar-refractivity contribution in [1.82, 2.24) is 0 Å². The van der Waals surface area contributed by atoms with Crippen molar-refractivity contribution >= 4 is 12.3 Å². The molecule has 0 unspecified atom stereocenters. The largest absolute Gasteiger partial charge is 0.465 e. The maximum absolute atomic E-state index is 11.6. The molecule has 2 rings (SSSR count). The fraction of sp³-hybridized carbons (Fsp3) is 0.143. The molecule has 0 bridgehead atoms. The van der Waals surface area contributed by atoms with Crippen molar-refractivity contribution in [2.45, 2.75) is 6.92 Å². The summed E-state index contributed by atoms with van der Waals surface area (Å²) in [5.41, 5.74) is 1.21. The second-order valence-corrected chi connectivity index (χ2v) is 3.87. The summed E-state index contributed by atoms with van der Waals surface area (Å²) in [5, 5.41) is 0. The van der Waals surface area contributed by atoms with E-state index in [9.17, 15) is 9.59 Å². The number of ether oxygens (including phenoxy) is 2. The third kappa shape index (κ3) is 2.82. The first-order valence-corrected chi connectivity index (χ1v) is 5.56. The lowest BCUT2D eigenvalue weighted by molar-refractivity contribution is 0.0597. The quantitative estimate of drug-likeness (QED) is 0.624. The summed E-state index contributed by atoms with van der Waals surface area (Å²) >= 11 is 0. The van der Waals surface area contributed by atoms with E-state index in [1.165, 1.54) is 19.2 Å². The smallest absolute Gasteiger partial charge is 0.341 e. The molecule has 0 saturated heterocycles. The zero-order valence-corrected chi connectivity index (χ0v) is 10.5. The average molecular weight is 260 g/mol. The lowest BCUT2D eigenvalue weighted by Gasteiger charge is -2.08. The Labute approximate surface area is 109 Å². The molecule has 1 aromatic heterocycles. The molecule has 98 valence electrons. The van der Waals surface area contributed by atoms with Gasteiger partial charge >= 0.3 is 5.97 Å². The second-order valence-electron chi connectivity index (χ2n) is 3.87. The Morgan fingerprint density at radius 1 is 1.26 bits per heavy atom. The predicted octanol–water partition coefficient (Wildman–Crippen LogP) is 2.98. The standard InChI is InChI=1S/C14H12O5/c1-9-3-5-11(14(16)17-2)12(7-9)19-13-6-4-10(8-15)18-13/h3-8H,1-2H3. The molecule has 0 radical (unpaired) electrons. The molecular formula is C14H12O5. The van der Waals surface area contributed by atoms with Crippen LogP contribution in [0.5, 0.6) is 11.7 Å². The van der Waals surface area contributed by atoms with E-state index in [4.69, 9.17) is 9.15 Å². The first-order chi connectivity index (χ1) is 9.13. The molecule has 0 aliphatic rings. The zero-order valence-electron chi connectivity index (χ0n) is 10.5. The average Bonchev–Trinajstić information content (AvgIpc) is 2.86. The van der Waals surface area contributed by atoms with Gasteiger partial charge in [-0.1, -0.05) is 6.07 Å². The van der Waals surface area contributed by atoms with Crippen LogP contribution in [-0.4, -0.2) is 19.4 Å². The molecule has 0 aliphatic heterocycles. The minimum atomic E-state index is -0.503. The predicted molar refractivity (Wildman–Crippen MR) is 66.7 cm³/mol. The minimum absolute atomic E-state index is 0.137. The van der Waals surface area contributed by atoms with Crippen molar-refractivity contribution in [1.29, 1.82) is 0 Å². The summed E-state index contributed by atoms with van der Waals surface area (Å²) in [4.78, 5) is 22.1. The third-order valence-corrected chi connectivity index (χ3v) is 2.47. The van der Waals surface area contributed by atoms with Crippen LogP contribution >= 0.6 is 0 Å². The first-order valence-electron chi connectivity index (χ1n) is 5.56. The number of aryl methyl sites for hydroxylation is 1. The Morgan fingerprint density at radius 2 is 2.05 bits per heavy atom. The van der Waals surface area contributed by atoms with Crippen molar-refractivity contribution in [3.8, 4) is 11.7 Å². The van der Waals surface area contributed by atoms with Crippen LogP contribution in [-0.2, 0) is 4.74 Å². The SMILES string of the molecule is COC(=O)c1ccc(C)cc1Oc1ccc(C=O)o1. The minimum Gasteiger partial charge on any atom is -0.465 e. The van der Waals surface area contributed by atoms with Gasteiger partial charge in [-0.3, -0.25) is 4.79 Å². The molecule has 19 heavy (non-hydrogen) atoms. The molecule has 1 heterocycles. The van der Waals surface area contributed by atoms with Crippen molar-refractivity contribution in [2.24, 2.45) is 0 Å². The zero-order chi connectivity index (χ0) is 13.8. The summed E-state index contributed by atoms with van der Waals surface area (Å²) in [6.45, 7) is 1.87. The van der Waals surface area contributed by atoms with Gasteiger partial charge in [0.15, 0.2) is 12.0 Å². The van der Waals surface area contributed by atoms with E-state index in [2.05, 4.69) is 4.74 Å². The highest BCUT2D eigenvalue weighted by molar-refractivity contribution is 5.92. The molecular weight excluding hydrogens is 248 g/mol. The molecule has 1 aromatic carbocycles. The van der Waals surface area contributed by atoms with Gasteiger partial charge in [-0.2, -0.15) is 0 Å². The summed E-state index contributed by atoms with van der Waals surface area (Å²) < 4.78 is 15.2. The van der Waals surface area contributed by atoms with E-state index in [0.717, 1.165) is 5.56 Å². The Hall–Kier alpha value is -2.56. The Kier molecular flexibility index (Phi) is 3.66. The third-order valence-electron chi connectivity index (χ3n) is 2.47. The van der Waals surface area contributed by atoms with Gasteiger partial charge in [0.2, 0.25) is 0 Å².